The second-order valence-electron chi connectivity index (χ2n) is 18.0. The molecule has 0 radical (unpaired) electrons. The van der Waals surface area contributed by atoms with Crippen LogP contribution in [0.25, 0.3) is 51.9 Å². The predicted molar refractivity (Wildman–Crippen MR) is 277 cm³/mol. The first-order chi connectivity index (χ1) is 34.2. The van der Waals surface area contributed by atoms with E-state index in [1.54, 1.807) is 39.0 Å². The number of benzene rings is 4. The van der Waals surface area contributed by atoms with Crippen LogP contribution < -0.4 is 4.31 Å². The lowest BCUT2D eigenvalue weighted by Crippen LogP contribution is -2.39. The number of hydrogen-bond acceptors (Lipinski definition) is 6. The van der Waals surface area contributed by atoms with Gasteiger partial charge in [0.1, 0.15) is 0 Å². The molecule has 11 nitrogen and oxygen atoms in total. The van der Waals surface area contributed by atoms with E-state index in [2.05, 4.69) is 58.0 Å². The molecule has 0 amide bonds. The predicted octanol–water partition coefficient (Wildman–Crippen LogP) is 13.1. The fourth-order valence-corrected chi connectivity index (χ4v) is 10.3. The molecule has 366 valence electrons. The Bertz CT molecular complexity index is 3410. The molecule has 15 heteroatoms. The smallest absolute Gasteiger partial charge is 0.418 e. The normalized spacial score (nSPS) is 13.9. The zero-order valence-corrected chi connectivity index (χ0v) is 40.7. The van der Waals surface area contributed by atoms with Gasteiger partial charge in [-0.2, -0.15) is 13.2 Å². The first-order valence-electron chi connectivity index (χ1n) is 23.0. The van der Waals surface area contributed by atoms with Crippen LogP contribution in [0.4, 0.5) is 18.9 Å². The lowest BCUT2D eigenvalue weighted by Gasteiger charge is -2.34. The Labute approximate surface area is 414 Å². The van der Waals surface area contributed by atoms with Gasteiger partial charge in [0.05, 0.1) is 44.8 Å². The average Bonchev–Trinajstić information content (AvgIpc) is 4.16. The highest BCUT2D eigenvalue weighted by Crippen LogP contribution is 2.46. The van der Waals surface area contributed by atoms with Gasteiger partial charge in [-0.15, -0.1) is 0 Å². The summed E-state index contributed by atoms with van der Waals surface area (Å²) in [7, 11) is -4.68. The van der Waals surface area contributed by atoms with Crippen LogP contribution in [0.15, 0.2) is 150 Å². The lowest BCUT2D eigenvalue weighted by molar-refractivity contribution is -0.138. The SMILES string of the molecule is C1=Cc2cc3ccc(cc4nc(cc5ccc(cc1n2)[nH]5)C=C4)[nH]3.CC(C)Cc1ccc(C(C)C(=O)O)cc1.Cc1cc(C)cc(C2=C(C(=O)O)N(c3ccccc3C(F)(F)F)S(=O)(=O)c3ccccc32)c1. The number of aliphatic carboxylic acids is 2. The van der Waals surface area contributed by atoms with E-state index < -0.39 is 51.0 Å². The van der Waals surface area contributed by atoms with E-state index in [1.165, 1.54) is 29.8 Å². The van der Waals surface area contributed by atoms with E-state index in [4.69, 9.17) is 5.11 Å². The molecule has 7 aromatic rings. The van der Waals surface area contributed by atoms with Crippen LogP contribution in [0, 0.1) is 19.8 Å². The Balaban J connectivity index is 0.000000155. The molecule has 6 heterocycles. The third kappa shape index (κ3) is 11.3. The Morgan fingerprint density at radius 3 is 1.57 bits per heavy atom. The molecule has 0 spiro atoms. The Morgan fingerprint density at radius 2 is 1.11 bits per heavy atom. The van der Waals surface area contributed by atoms with Gasteiger partial charge in [0.25, 0.3) is 10.0 Å². The number of H-pyrrole nitrogens is 2. The molecule has 0 saturated carbocycles. The number of halogens is 3. The molecule has 0 aliphatic carbocycles. The second kappa shape index (κ2) is 20.6. The fraction of sp³-hybridized carbons (Fsp3) is 0.158. The number of aromatic nitrogens is 4. The van der Waals surface area contributed by atoms with Crippen molar-refractivity contribution in [2.45, 2.75) is 58.0 Å². The summed E-state index contributed by atoms with van der Waals surface area (Å²) in [5.41, 5.74) is 9.30. The summed E-state index contributed by atoms with van der Waals surface area (Å²) >= 11 is 0. The van der Waals surface area contributed by atoms with Crippen molar-refractivity contribution in [1.29, 1.82) is 0 Å². The van der Waals surface area contributed by atoms with E-state index in [1.807, 2.05) is 78.9 Å². The number of carbonyl (C=O) groups is 2. The van der Waals surface area contributed by atoms with Gasteiger partial charge >= 0.3 is 18.1 Å². The van der Waals surface area contributed by atoms with Crippen molar-refractivity contribution in [3.8, 4) is 0 Å². The number of carboxylic acid groups (broad SMARTS) is 2. The number of fused-ring (bicyclic) bond motifs is 9. The summed E-state index contributed by atoms with van der Waals surface area (Å²) in [5.74, 6) is -2.23. The standard InChI is InChI=1S/C24H18F3NO4S.C20H14N4.C13H18O2/c1-14-11-15(2)13-16(12-14)21-17-7-3-6-10-20(17)33(31,32)28(22(21)23(29)30)19-9-5-4-8-18(19)24(25,26)27;1-2-14-10-16-5-6-18(23-16)12-20-8-7-19(24-20)11-17-4-3-15(22-17)9-13(1)21-14;1-9(2)8-11-4-6-12(7-5-11)10(3)13(14)15/h3-13H,1-2H3,(H,29,30);1-12,21,24H;4-7,9-10H,8H2,1-3H3,(H,14,15). The van der Waals surface area contributed by atoms with Crippen molar-refractivity contribution >= 4 is 79.6 Å². The minimum Gasteiger partial charge on any atom is -0.481 e. The van der Waals surface area contributed by atoms with Crippen LogP contribution in [0.3, 0.4) is 0 Å². The first-order valence-corrected chi connectivity index (χ1v) is 24.4. The highest BCUT2D eigenvalue weighted by molar-refractivity contribution is 7.93. The molecule has 0 fully saturated rings. The molecule has 1 unspecified atom stereocenters. The third-order valence-corrected chi connectivity index (χ3v) is 13.6. The van der Waals surface area contributed by atoms with Gasteiger partial charge in [0, 0.05) is 33.2 Å². The lowest BCUT2D eigenvalue weighted by atomic mass is 9.92. The van der Waals surface area contributed by atoms with Crippen LogP contribution in [-0.4, -0.2) is 50.5 Å². The number of anilines is 1. The quantitative estimate of drug-likeness (QED) is 0.122. The number of aromatic amines is 2. The third-order valence-electron chi connectivity index (χ3n) is 11.8. The molecule has 10 rings (SSSR count). The fourth-order valence-electron chi connectivity index (χ4n) is 8.59. The Morgan fingerprint density at radius 1 is 0.639 bits per heavy atom. The molecule has 1 atom stereocenters. The molecule has 3 aliphatic heterocycles. The maximum absolute atomic E-state index is 13.8. The largest absolute Gasteiger partial charge is 0.481 e. The van der Waals surface area contributed by atoms with Crippen molar-refractivity contribution in [1.82, 2.24) is 19.9 Å². The number of nitrogens with zero attached hydrogens (tertiary/aromatic N) is 3. The van der Waals surface area contributed by atoms with Gasteiger partial charge in [-0.05, 0) is 141 Å². The molecule has 4 aromatic carbocycles. The Hall–Kier alpha value is -8.30. The molecule has 72 heavy (non-hydrogen) atoms. The zero-order chi connectivity index (χ0) is 51.5. The van der Waals surface area contributed by atoms with Gasteiger partial charge < -0.3 is 20.2 Å². The molecular weight excluding hydrogens is 940 g/mol. The van der Waals surface area contributed by atoms with Gasteiger partial charge in [-0.1, -0.05) is 97.8 Å². The topological polar surface area (TPSA) is 169 Å². The molecule has 8 bridgehead atoms. The second-order valence-corrected chi connectivity index (χ2v) is 19.7. The van der Waals surface area contributed by atoms with E-state index >= 15 is 0 Å². The van der Waals surface area contributed by atoms with Gasteiger partial charge in [0.15, 0.2) is 5.70 Å². The molecule has 0 saturated heterocycles. The summed E-state index contributed by atoms with van der Waals surface area (Å²) in [4.78, 5) is 39.0. The van der Waals surface area contributed by atoms with E-state index in [0.717, 1.165) is 86.2 Å². The van der Waals surface area contributed by atoms with Crippen molar-refractivity contribution in [3.05, 3.63) is 207 Å². The number of alkyl halides is 3. The maximum Gasteiger partial charge on any atom is 0.418 e. The summed E-state index contributed by atoms with van der Waals surface area (Å²) in [6.07, 6.45) is 4.22. The van der Waals surface area contributed by atoms with E-state index in [0.29, 0.717) is 15.8 Å². The highest BCUT2D eigenvalue weighted by atomic mass is 32.2. The number of nitrogens with one attached hydrogen (secondary N) is 2. The summed E-state index contributed by atoms with van der Waals surface area (Å²) in [5, 5.41) is 19.0. The summed E-state index contributed by atoms with van der Waals surface area (Å²) in [6.45, 7) is 9.64. The number of aryl methyl sites for hydroxylation is 2. The van der Waals surface area contributed by atoms with Crippen LogP contribution >= 0.6 is 0 Å². The van der Waals surface area contributed by atoms with Crippen molar-refractivity contribution in [3.63, 3.8) is 0 Å². The van der Waals surface area contributed by atoms with Crippen molar-refractivity contribution in [2.75, 3.05) is 4.31 Å². The van der Waals surface area contributed by atoms with Crippen LogP contribution in [0.1, 0.15) is 88.4 Å². The van der Waals surface area contributed by atoms with Crippen LogP contribution in [0.2, 0.25) is 0 Å². The molecule has 4 N–H and O–H groups in total. The average molecular weight is 990 g/mol. The number of para-hydroxylation sites is 1. The number of carboxylic acids is 2. The van der Waals surface area contributed by atoms with Gasteiger partial charge in [-0.3, -0.25) is 4.79 Å². The highest BCUT2D eigenvalue weighted by Gasteiger charge is 2.45. The zero-order valence-electron chi connectivity index (χ0n) is 39.9. The number of sulfonamides is 1. The van der Waals surface area contributed by atoms with Crippen LogP contribution in [0.5, 0.6) is 0 Å². The minimum absolute atomic E-state index is 0.0247. The number of hydrogen-bond donors (Lipinski definition) is 4. The molecular formula is C57H50F3N5O6S. The molecule has 3 aliphatic rings. The van der Waals surface area contributed by atoms with Gasteiger partial charge in [0.2, 0.25) is 0 Å². The van der Waals surface area contributed by atoms with E-state index in [9.17, 15) is 36.3 Å². The first kappa shape index (κ1) is 50.1. The minimum atomic E-state index is -4.91. The van der Waals surface area contributed by atoms with Crippen molar-refractivity contribution < 1.29 is 41.4 Å². The summed E-state index contributed by atoms with van der Waals surface area (Å²) < 4.78 is 68.9. The van der Waals surface area contributed by atoms with Crippen molar-refractivity contribution in [2.24, 2.45) is 5.92 Å². The maximum atomic E-state index is 13.8. The monoisotopic (exact) mass is 989 g/mol. The molecule has 3 aromatic heterocycles. The number of rotatable bonds is 7. The van der Waals surface area contributed by atoms with E-state index in [-0.39, 0.29) is 16.0 Å². The Kier molecular flexibility index (Phi) is 14.3. The summed E-state index contributed by atoms with van der Waals surface area (Å²) in [6, 6.07) is 39.2. The van der Waals surface area contributed by atoms with Crippen LogP contribution in [-0.2, 0) is 32.2 Å². The van der Waals surface area contributed by atoms with Gasteiger partial charge in [-0.25, -0.2) is 27.5 Å².